The summed E-state index contributed by atoms with van der Waals surface area (Å²) < 4.78 is 24.4. The maximum Gasteiger partial charge on any atom is 0.379 e. The van der Waals surface area contributed by atoms with E-state index in [2.05, 4.69) is 6.92 Å². The van der Waals surface area contributed by atoms with Gasteiger partial charge in [0.05, 0.1) is 23.8 Å². The molecule has 0 aliphatic carbocycles. The molecule has 28 heavy (non-hydrogen) atoms. The van der Waals surface area contributed by atoms with Gasteiger partial charge in [-0.25, -0.2) is 4.57 Å². The minimum absolute atomic E-state index is 0.0827. The van der Waals surface area contributed by atoms with Gasteiger partial charge in [-0.3, -0.25) is 14.6 Å². The van der Waals surface area contributed by atoms with Gasteiger partial charge in [0, 0.05) is 6.07 Å². The van der Waals surface area contributed by atoms with Gasteiger partial charge in [-0.2, -0.15) is 0 Å². The van der Waals surface area contributed by atoms with Crippen molar-refractivity contribution in [3.05, 3.63) is 34.4 Å². The van der Waals surface area contributed by atoms with Crippen molar-refractivity contribution in [1.29, 1.82) is 0 Å². The van der Waals surface area contributed by atoms with Gasteiger partial charge in [0.2, 0.25) is 0 Å². The first-order valence-corrected chi connectivity index (χ1v) is 12.4. The van der Waals surface area contributed by atoms with Gasteiger partial charge < -0.3 is 4.52 Å². The quantitative estimate of drug-likeness (QED) is 0.114. The maximum atomic E-state index is 13.1. The second-order valence-electron chi connectivity index (χ2n) is 7.20. The maximum absolute atomic E-state index is 13.1. The number of nitro benzene ring substituents is 1. The minimum Gasteiger partial charge on any atom is -0.424 e. The van der Waals surface area contributed by atoms with E-state index in [0.29, 0.717) is 12.8 Å². The lowest BCUT2D eigenvalue weighted by Crippen LogP contribution is -2.04. The molecular weight excluding hydrogens is 377 g/mol. The number of rotatable bonds is 17. The Kier molecular flexibility index (Phi) is 12.8. The van der Waals surface area contributed by atoms with Crippen molar-refractivity contribution in [2.24, 2.45) is 0 Å². The molecule has 0 saturated heterocycles. The summed E-state index contributed by atoms with van der Waals surface area (Å²) in [6, 6.07) is 5.80. The van der Waals surface area contributed by atoms with Crippen molar-refractivity contribution in [2.75, 3.05) is 12.8 Å². The molecule has 0 aliphatic heterocycles. The third kappa shape index (κ3) is 10.8. The van der Waals surface area contributed by atoms with E-state index in [1.165, 1.54) is 56.7 Å². The van der Waals surface area contributed by atoms with Crippen molar-refractivity contribution >= 4 is 13.3 Å². The zero-order valence-electron chi connectivity index (χ0n) is 17.4. The molecule has 0 N–H and O–H groups in total. The molecule has 0 spiro atoms. The number of non-ortho nitro benzene ring substituents is 1. The zero-order chi connectivity index (χ0) is 20.7. The number of hydrogen-bond donors (Lipinski definition) is 0. The molecule has 0 aliphatic rings. The number of hydrogen-bond acceptors (Lipinski definition) is 5. The Morgan fingerprint density at radius 1 is 0.929 bits per heavy atom. The monoisotopic (exact) mass is 413 g/mol. The zero-order valence-corrected chi connectivity index (χ0v) is 18.3. The van der Waals surface area contributed by atoms with E-state index < -0.39 is 12.5 Å². The Morgan fingerprint density at radius 2 is 1.54 bits per heavy atom. The van der Waals surface area contributed by atoms with Gasteiger partial charge in [-0.05, 0) is 18.9 Å². The Morgan fingerprint density at radius 3 is 2.14 bits per heavy atom. The Balaban J connectivity index is 2.48. The molecule has 7 heteroatoms. The van der Waals surface area contributed by atoms with Crippen molar-refractivity contribution in [1.82, 2.24) is 0 Å². The fourth-order valence-electron chi connectivity index (χ4n) is 2.92. The lowest BCUT2D eigenvalue weighted by Gasteiger charge is -2.19. The molecule has 1 aromatic carbocycles. The fraction of sp³-hybridized carbons (Fsp3) is 0.714. The fourth-order valence-corrected chi connectivity index (χ4v) is 4.64. The summed E-state index contributed by atoms with van der Waals surface area (Å²) in [6.07, 6.45) is 12.6. The first-order chi connectivity index (χ1) is 13.5. The Hall–Kier alpha value is -1.39. The molecule has 160 valence electrons. The van der Waals surface area contributed by atoms with Crippen LogP contribution < -0.4 is 4.52 Å². The molecule has 1 unspecified atom stereocenters. The van der Waals surface area contributed by atoms with E-state index in [9.17, 15) is 14.7 Å². The molecule has 0 radical (unpaired) electrons. The van der Waals surface area contributed by atoms with Crippen LogP contribution in [0.15, 0.2) is 24.3 Å². The average Bonchev–Trinajstić information content (AvgIpc) is 2.67. The van der Waals surface area contributed by atoms with E-state index in [4.69, 9.17) is 9.05 Å². The van der Waals surface area contributed by atoms with Crippen LogP contribution in [0.4, 0.5) is 5.69 Å². The largest absolute Gasteiger partial charge is 0.424 e. The lowest BCUT2D eigenvalue weighted by molar-refractivity contribution is -0.384. The molecule has 0 heterocycles. The first kappa shape index (κ1) is 24.6. The third-order valence-electron chi connectivity index (χ3n) is 4.59. The van der Waals surface area contributed by atoms with Gasteiger partial charge in [0.1, 0.15) is 5.75 Å². The highest BCUT2D eigenvalue weighted by Gasteiger charge is 2.26. The second kappa shape index (κ2) is 14.6. The second-order valence-corrected chi connectivity index (χ2v) is 9.31. The SMILES string of the molecule is CCCCCCCCCCCP(=O)(OCCCC)Oc1cccc([N+](=O)[O-])c1. The minimum atomic E-state index is -3.31. The van der Waals surface area contributed by atoms with Crippen LogP contribution in [0.1, 0.15) is 84.5 Å². The van der Waals surface area contributed by atoms with Crippen LogP contribution in [-0.4, -0.2) is 17.7 Å². The van der Waals surface area contributed by atoms with Gasteiger partial charge in [-0.1, -0.05) is 77.7 Å². The summed E-state index contributed by atoms with van der Waals surface area (Å²) in [5, 5.41) is 10.9. The molecule has 0 fully saturated rings. The molecule has 0 amide bonds. The predicted octanol–water partition coefficient (Wildman–Crippen LogP) is 7.51. The highest BCUT2D eigenvalue weighted by molar-refractivity contribution is 7.54. The molecule has 1 atom stereocenters. The molecule has 0 bridgehead atoms. The van der Waals surface area contributed by atoms with Crippen LogP contribution in [0.2, 0.25) is 0 Å². The molecule has 6 nitrogen and oxygen atoms in total. The normalized spacial score (nSPS) is 13.2. The highest BCUT2D eigenvalue weighted by atomic mass is 31.2. The van der Waals surface area contributed by atoms with Crippen LogP contribution in [0, 0.1) is 10.1 Å². The van der Waals surface area contributed by atoms with E-state index in [-0.39, 0.29) is 11.4 Å². The van der Waals surface area contributed by atoms with Gasteiger partial charge in [0.15, 0.2) is 0 Å². The number of nitrogens with zero attached hydrogens (tertiary/aromatic N) is 1. The van der Waals surface area contributed by atoms with Crippen LogP contribution in [0.5, 0.6) is 5.75 Å². The van der Waals surface area contributed by atoms with E-state index in [1.54, 1.807) is 6.07 Å². The number of benzene rings is 1. The van der Waals surface area contributed by atoms with E-state index in [0.717, 1.165) is 32.1 Å². The molecule has 0 saturated carbocycles. The van der Waals surface area contributed by atoms with Crippen molar-refractivity contribution < 1.29 is 18.5 Å². The lowest BCUT2D eigenvalue weighted by atomic mass is 10.1. The van der Waals surface area contributed by atoms with Gasteiger partial charge in [0.25, 0.3) is 5.69 Å². The van der Waals surface area contributed by atoms with Gasteiger partial charge >= 0.3 is 7.60 Å². The summed E-state index contributed by atoms with van der Waals surface area (Å²) >= 11 is 0. The summed E-state index contributed by atoms with van der Waals surface area (Å²) in [5.74, 6) is 0.227. The molecule has 1 rings (SSSR count). The highest BCUT2D eigenvalue weighted by Crippen LogP contribution is 2.49. The standard InChI is InChI=1S/C21H36NO5P/c1-3-5-7-8-9-10-11-12-13-18-28(25,26-17-6-4-2)27-21-16-14-15-20(19-21)22(23)24/h14-16,19H,3-13,17-18H2,1-2H3. The summed E-state index contributed by atoms with van der Waals surface area (Å²) in [5.41, 5.74) is -0.0827. The first-order valence-electron chi connectivity index (χ1n) is 10.7. The Bertz CT molecular complexity index is 608. The van der Waals surface area contributed by atoms with Crippen LogP contribution in [0.3, 0.4) is 0 Å². The topological polar surface area (TPSA) is 78.7 Å². The van der Waals surface area contributed by atoms with Crippen molar-refractivity contribution in [3.8, 4) is 5.75 Å². The summed E-state index contributed by atoms with van der Waals surface area (Å²) in [4.78, 5) is 10.4. The van der Waals surface area contributed by atoms with Crippen LogP contribution >= 0.6 is 7.60 Å². The molecular formula is C21H36NO5P. The average molecular weight is 413 g/mol. The third-order valence-corrected chi connectivity index (χ3v) is 6.52. The van der Waals surface area contributed by atoms with E-state index in [1.807, 2.05) is 6.92 Å². The number of nitro groups is 1. The number of unbranched alkanes of at least 4 members (excludes halogenated alkanes) is 9. The smallest absolute Gasteiger partial charge is 0.379 e. The molecule has 0 aromatic heterocycles. The van der Waals surface area contributed by atoms with Crippen molar-refractivity contribution in [2.45, 2.75) is 84.5 Å². The summed E-state index contributed by atoms with van der Waals surface area (Å²) in [7, 11) is -3.31. The van der Waals surface area contributed by atoms with Crippen LogP contribution in [0.25, 0.3) is 0 Å². The Labute approximate surface area is 169 Å². The summed E-state index contributed by atoms with van der Waals surface area (Å²) in [6.45, 7) is 4.63. The molecule has 1 aromatic rings. The van der Waals surface area contributed by atoms with Crippen LogP contribution in [-0.2, 0) is 9.09 Å². The van der Waals surface area contributed by atoms with Crippen molar-refractivity contribution in [3.63, 3.8) is 0 Å². The van der Waals surface area contributed by atoms with E-state index >= 15 is 0 Å². The predicted molar refractivity (Wildman–Crippen MR) is 114 cm³/mol. The van der Waals surface area contributed by atoms with Gasteiger partial charge in [-0.15, -0.1) is 0 Å².